The van der Waals surface area contributed by atoms with Gasteiger partial charge in [0.05, 0.1) is 34.8 Å². The number of aliphatic hydroxyl groups excluding tert-OH is 1. The lowest BCUT2D eigenvalue weighted by Gasteiger charge is -2.37. The van der Waals surface area contributed by atoms with Gasteiger partial charge in [0.25, 0.3) is 5.91 Å². The molecular weight excluding hydrogens is 554 g/mol. The number of nitrogens with zero attached hydrogens (tertiary/aromatic N) is 3. The lowest BCUT2D eigenvalue weighted by atomic mass is 9.64. The Balaban J connectivity index is 1.58. The summed E-state index contributed by atoms with van der Waals surface area (Å²) in [4.78, 5) is 48.0. The number of hydrogen-bond donors (Lipinski definition) is 1. The highest BCUT2D eigenvalue weighted by Crippen LogP contribution is 2.64. The van der Waals surface area contributed by atoms with E-state index in [4.69, 9.17) is 16.3 Å². The molecule has 42 heavy (non-hydrogen) atoms. The summed E-state index contributed by atoms with van der Waals surface area (Å²) in [6, 6.07) is 15.7. The van der Waals surface area contributed by atoms with Crippen molar-refractivity contribution in [3.8, 4) is 0 Å². The van der Waals surface area contributed by atoms with Crippen LogP contribution in [0.15, 0.2) is 79.9 Å². The van der Waals surface area contributed by atoms with Gasteiger partial charge in [-0.3, -0.25) is 14.4 Å². The summed E-state index contributed by atoms with van der Waals surface area (Å²) in [7, 11) is 0. The Kier molecular flexibility index (Phi) is 8.60. The monoisotopic (exact) mass is 591 g/mol. The summed E-state index contributed by atoms with van der Waals surface area (Å²) in [6.45, 7) is 10.1. The van der Waals surface area contributed by atoms with E-state index >= 15 is 0 Å². The molecule has 3 heterocycles. The largest absolute Gasteiger partial charge is 0.395 e. The van der Waals surface area contributed by atoms with Crippen molar-refractivity contribution in [1.29, 1.82) is 0 Å². The van der Waals surface area contributed by atoms with Crippen molar-refractivity contribution >= 4 is 35.0 Å². The van der Waals surface area contributed by atoms with E-state index in [1.54, 1.807) is 41.3 Å². The van der Waals surface area contributed by atoms with E-state index in [2.05, 4.69) is 13.2 Å². The number of β-amino-alcohol motifs (C(OH)–C–C–N with tert-alkyl or cyclic N) is 1. The topological polar surface area (TPSA) is 90.4 Å². The smallest absolute Gasteiger partial charge is 0.253 e. The molecule has 3 aliphatic heterocycles. The van der Waals surface area contributed by atoms with E-state index in [9.17, 15) is 19.5 Å². The van der Waals surface area contributed by atoms with E-state index in [-0.39, 0.29) is 37.4 Å². The van der Waals surface area contributed by atoms with Crippen molar-refractivity contribution in [3.05, 3.63) is 90.5 Å². The average molecular weight is 592 g/mol. The summed E-state index contributed by atoms with van der Waals surface area (Å²) >= 11 is 6.52. The van der Waals surface area contributed by atoms with Crippen LogP contribution in [0.4, 0.5) is 5.69 Å². The zero-order valence-electron chi connectivity index (χ0n) is 24.0. The first kappa shape index (κ1) is 30.0. The standard InChI is InChI=1S/C33H38ClN3O5/c1-4-18-35(22-23-12-8-7-9-13-23)29(39)26-27-30(40)37(20-21-38)28(33(27)17-16-32(26,6-3)42-33)31(41)36(19-5-2)25-15-11-10-14-24(25)34/h4-5,7-15,26-28,38H,1-2,6,16-22H2,3H3/t26-,27-,28?,32+,33?/m0/s1. The summed E-state index contributed by atoms with van der Waals surface area (Å²) in [5.41, 5.74) is -0.645. The Labute approximate surface area is 252 Å². The predicted octanol–water partition coefficient (Wildman–Crippen LogP) is 4.22. The maximum atomic E-state index is 14.5. The van der Waals surface area contributed by atoms with Gasteiger partial charge in [-0.2, -0.15) is 0 Å². The second kappa shape index (κ2) is 12.0. The molecule has 2 aromatic carbocycles. The van der Waals surface area contributed by atoms with Gasteiger partial charge in [-0.25, -0.2) is 0 Å². The molecule has 9 heteroatoms. The molecule has 3 aliphatic rings. The fourth-order valence-corrected chi connectivity index (χ4v) is 7.60. The molecule has 1 spiro atoms. The SMILES string of the molecule is C=CCN(Cc1ccccc1)C(=O)[C@@H]1[C@H]2C(=O)N(CCO)C(C(=O)N(CC=C)c3ccccc3Cl)C23CC[C@@]1(CC)O3. The number of benzene rings is 2. The average Bonchev–Trinajstić information content (AvgIpc) is 3.60. The van der Waals surface area contributed by atoms with Gasteiger partial charge in [0.2, 0.25) is 11.8 Å². The van der Waals surface area contributed by atoms with E-state index < -0.39 is 29.1 Å². The number of aliphatic hydroxyl groups is 1. The van der Waals surface area contributed by atoms with E-state index in [1.807, 2.05) is 37.3 Å². The van der Waals surface area contributed by atoms with Crippen LogP contribution in [-0.2, 0) is 25.7 Å². The third-order valence-electron chi connectivity index (χ3n) is 9.12. The van der Waals surface area contributed by atoms with Crippen LogP contribution in [0, 0.1) is 11.8 Å². The lowest BCUT2D eigenvalue weighted by molar-refractivity contribution is -0.151. The van der Waals surface area contributed by atoms with Crippen molar-refractivity contribution in [1.82, 2.24) is 9.80 Å². The molecule has 5 atom stereocenters. The van der Waals surface area contributed by atoms with Crippen LogP contribution in [0.25, 0.3) is 0 Å². The number of carbonyl (C=O) groups is 3. The number of fused-ring (bicyclic) bond motifs is 1. The predicted molar refractivity (Wildman–Crippen MR) is 162 cm³/mol. The molecule has 222 valence electrons. The van der Waals surface area contributed by atoms with Crippen LogP contribution >= 0.6 is 11.6 Å². The number of hydrogen-bond acceptors (Lipinski definition) is 5. The number of para-hydroxylation sites is 1. The molecule has 0 radical (unpaired) electrons. The third-order valence-corrected chi connectivity index (χ3v) is 9.44. The highest BCUT2D eigenvalue weighted by atomic mass is 35.5. The molecule has 2 unspecified atom stereocenters. The zero-order chi connectivity index (χ0) is 30.1. The molecule has 3 fully saturated rings. The fourth-order valence-electron chi connectivity index (χ4n) is 7.36. The van der Waals surface area contributed by atoms with Gasteiger partial charge in [0.15, 0.2) is 0 Å². The molecule has 0 aromatic heterocycles. The number of halogens is 1. The van der Waals surface area contributed by atoms with Gasteiger partial charge < -0.3 is 24.5 Å². The van der Waals surface area contributed by atoms with E-state index in [0.29, 0.717) is 43.1 Å². The minimum atomic E-state index is -1.22. The first-order valence-corrected chi connectivity index (χ1v) is 14.9. The number of likely N-dealkylation sites (tertiary alicyclic amines) is 1. The van der Waals surface area contributed by atoms with Crippen molar-refractivity contribution in [2.75, 3.05) is 31.1 Å². The van der Waals surface area contributed by atoms with Crippen LogP contribution in [0.1, 0.15) is 31.7 Å². The number of carbonyl (C=O) groups excluding carboxylic acids is 3. The highest BCUT2D eigenvalue weighted by molar-refractivity contribution is 6.34. The minimum Gasteiger partial charge on any atom is -0.395 e. The van der Waals surface area contributed by atoms with E-state index in [0.717, 1.165) is 5.56 Å². The Hall–Kier alpha value is -3.46. The molecule has 3 saturated heterocycles. The number of ether oxygens (including phenoxy) is 1. The van der Waals surface area contributed by atoms with Gasteiger partial charge >= 0.3 is 0 Å². The summed E-state index contributed by atoms with van der Waals surface area (Å²) < 4.78 is 6.88. The van der Waals surface area contributed by atoms with Gasteiger partial charge in [0.1, 0.15) is 11.6 Å². The molecule has 5 rings (SSSR count). The normalized spacial score (nSPS) is 27.5. The molecule has 1 N–H and O–H groups in total. The minimum absolute atomic E-state index is 0.0538. The Morgan fingerprint density at radius 1 is 1.07 bits per heavy atom. The first-order valence-electron chi connectivity index (χ1n) is 14.5. The number of amides is 3. The Bertz CT molecular complexity index is 1370. The molecule has 2 aromatic rings. The molecule has 8 nitrogen and oxygen atoms in total. The highest BCUT2D eigenvalue weighted by Gasteiger charge is 2.79. The Morgan fingerprint density at radius 3 is 2.40 bits per heavy atom. The van der Waals surface area contributed by atoms with Crippen LogP contribution in [0.3, 0.4) is 0 Å². The van der Waals surface area contributed by atoms with Crippen molar-refractivity contribution in [2.45, 2.75) is 50.0 Å². The summed E-state index contributed by atoms with van der Waals surface area (Å²) in [6.07, 6.45) is 4.79. The molecular formula is C33H38ClN3O5. The quantitative estimate of drug-likeness (QED) is 0.373. The second-order valence-electron chi connectivity index (χ2n) is 11.3. The van der Waals surface area contributed by atoms with Crippen LogP contribution in [0.5, 0.6) is 0 Å². The lowest BCUT2D eigenvalue weighted by Crippen LogP contribution is -2.57. The second-order valence-corrected chi connectivity index (χ2v) is 11.7. The maximum absolute atomic E-state index is 14.5. The molecule has 2 bridgehead atoms. The number of rotatable bonds is 12. The third kappa shape index (κ3) is 4.75. The molecule has 0 saturated carbocycles. The molecule has 0 aliphatic carbocycles. The number of anilines is 1. The van der Waals surface area contributed by atoms with Gasteiger partial charge in [0, 0.05) is 26.2 Å². The van der Waals surface area contributed by atoms with Gasteiger partial charge in [-0.05, 0) is 37.0 Å². The summed E-state index contributed by atoms with van der Waals surface area (Å²) in [5.74, 6) is -2.54. The van der Waals surface area contributed by atoms with Crippen LogP contribution < -0.4 is 4.90 Å². The molecule has 3 amide bonds. The van der Waals surface area contributed by atoms with Crippen molar-refractivity contribution in [3.63, 3.8) is 0 Å². The van der Waals surface area contributed by atoms with Crippen molar-refractivity contribution in [2.24, 2.45) is 11.8 Å². The first-order chi connectivity index (χ1) is 20.3. The van der Waals surface area contributed by atoms with Gasteiger partial charge in [-0.1, -0.05) is 73.1 Å². The zero-order valence-corrected chi connectivity index (χ0v) is 24.7. The van der Waals surface area contributed by atoms with Crippen LogP contribution in [-0.4, -0.2) is 76.1 Å². The fraction of sp³-hybridized carbons (Fsp3) is 0.424. The van der Waals surface area contributed by atoms with E-state index in [1.165, 1.54) is 9.80 Å². The summed E-state index contributed by atoms with van der Waals surface area (Å²) in [5, 5.41) is 10.4. The Morgan fingerprint density at radius 2 is 1.76 bits per heavy atom. The maximum Gasteiger partial charge on any atom is 0.253 e. The van der Waals surface area contributed by atoms with Gasteiger partial charge in [-0.15, -0.1) is 13.2 Å². The van der Waals surface area contributed by atoms with Crippen molar-refractivity contribution < 1.29 is 24.2 Å². The van der Waals surface area contributed by atoms with Crippen LogP contribution in [0.2, 0.25) is 5.02 Å².